The molecule has 9 heteroatoms. The summed E-state index contributed by atoms with van der Waals surface area (Å²) in [5, 5.41) is 2.71. The van der Waals surface area contributed by atoms with Crippen LogP contribution in [0.5, 0.6) is 0 Å². The Bertz CT molecular complexity index is 1030. The average Bonchev–Trinajstić information content (AvgIpc) is 3.30. The third kappa shape index (κ3) is 5.42. The fourth-order valence-electron chi connectivity index (χ4n) is 3.21. The standard InChI is InChI=1S/C22H27N3O5S/c1-16(21(26)23-18-8-10-19(11-9-18)24(2)3)30-22(27)17-6-12-20(13-7-17)31(28,29)25-14-4-5-15-25/h6-13,16H,4-5,14-15H2,1-3H3,(H,23,26)/t16-/m0/s1. The first kappa shape index (κ1) is 22.8. The van der Waals surface area contributed by atoms with E-state index in [1.54, 1.807) is 12.1 Å². The topological polar surface area (TPSA) is 96.0 Å². The molecule has 31 heavy (non-hydrogen) atoms. The van der Waals surface area contributed by atoms with Crippen molar-refractivity contribution in [1.82, 2.24) is 4.31 Å². The second-order valence-corrected chi connectivity index (χ2v) is 9.55. The van der Waals surface area contributed by atoms with Crippen molar-refractivity contribution in [2.24, 2.45) is 0 Å². The molecule has 0 unspecified atom stereocenters. The van der Waals surface area contributed by atoms with Crippen LogP contribution in [0.25, 0.3) is 0 Å². The lowest BCUT2D eigenvalue weighted by atomic mass is 10.2. The molecule has 1 heterocycles. The summed E-state index contributed by atoms with van der Waals surface area (Å²) in [6.07, 6.45) is 0.682. The molecule has 1 atom stereocenters. The Balaban J connectivity index is 1.59. The number of ether oxygens (including phenoxy) is 1. The number of carbonyl (C=O) groups excluding carboxylic acids is 2. The fraction of sp³-hybridized carbons (Fsp3) is 0.364. The van der Waals surface area contributed by atoms with E-state index in [-0.39, 0.29) is 10.5 Å². The zero-order valence-electron chi connectivity index (χ0n) is 17.9. The van der Waals surface area contributed by atoms with Crippen molar-refractivity contribution in [2.75, 3.05) is 37.4 Å². The summed E-state index contributed by atoms with van der Waals surface area (Å²) in [5.41, 5.74) is 1.76. The number of anilines is 2. The van der Waals surface area contributed by atoms with Crippen LogP contribution in [0, 0.1) is 0 Å². The van der Waals surface area contributed by atoms with Gasteiger partial charge in [-0.25, -0.2) is 13.2 Å². The molecule has 0 aromatic heterocycles. The average molecular weight is 446 g/mol. The molecule has 1 amide bonds. The van der Waals surface area contributed by atoms with Gasteiger partial charge >= 0.3 is 5.97 Å². The summed E-state index contributed by atoms with van der Waals surface area (Å²) >= 11 is 0. The molecule has 3 rings (SSSR count). The van der Waals surface area contributed by atoms with Gasteiger partial charge in [0.15, 0.2) is 6.10 Å². The van der Waals surface area contributed by atoms with E-state index in [1.165, 1.54) is 35.5 Å². The molecule has 1 N–H and O–H groups in total. The lowest BCUT2D eigenvalue weighted by Crippen LogP contribution is -2.30. The zero-order valence-corrected chi connectivity index (χ0v) is 18.7. The number of amides is 1. The number of nitrogens with one attached hydrogen (secondary N) is 1. The largest absolute Gasteiger partial charge is 0.449 e. The zero-order chi connectivity index (χ0) is 22.6. The van der Waals surface area contributed by atoms with Crippen LogP contribution < -0.4 is 10.2 Å². The number of sulfonamides is 1. The molecule has 0 bridgehead atoms. The second-order valence-electron chi connectivity index (χ2n) is 7.61. The summed E-state index contributed by atoms with van der Waals surface area (Å²) < 4.78 is 31.8. The number of nitrogens with zero attached hydrogens (tertiary/aromatic N) is 2. The molecular formula is C22H27N3O5S. The fourth-order valence-corrected chi connectivity index (χ4v) is 4.73. The van der Waals surface area contributed by atoms with Crippen molar-refractivity contribution in [2.45, 2.75) is 30.8 Å². The van der Waals surface area contributed by atoms with E-state index in [2.05, 4.69) is 5.32 Å². The highest BCUT2D eigenvalue weighted by Gasteiger charge is 2.27. The Morgan fingerprint density at radius 1 is 1.00 bits per heavy atom. The maximum Gasteiger partial charge on any atom is 0.338 e. The highest BCUT2D eigenvalue weighted by molar-refractivity contribution is 7.89. The molecule has 0 aliphatic carbocycles. The second kappa shape index (κ2) is 9.49. The van der Waals surface area contributed by atoms with Crippen molar-refractivity contribution in [3.63, 3.8) is 0 Å². The van der Waals surface area contributed by atoms with E-state index < -0.39 is 28.0 Å². The minimum absolute atomic E-state index is 0.137. The van der Waals surface area contributed by atoms with Crippen LogP contribution in [-0.4, -0.2) is 57.9 Å². The number of hydrogen-bond donors (Lipinski definition) is 1. The summed E-state index contributed by atoms with van der Waals surface area (Å²) in [7, 11) is 0.294. The highest BCUT2D eigenvalue weighted by Crippen LogP contribution is 2.21. The van der Waals surface area contributed by atoms with Gasteiger partial charge in [-0.1, -0.05) is 0 Å². The summed E-state index contributed by atoms with van der Waals surface area (Å²) in [5.74, 6) is -1.16. The third-order valence-electron chi connectivity index (χ3n) is 5.10. The Kier molecular flexibility index (Phi) is 6.97. The van der Waals surface area contributed by atoms with E-state index in [4.69, 9.17) is 4.74 Å². The minimum atomic E-state index is -3.55. The first-order valence-corrected chi connectivity index (χ1v) is 11.5. The highest BCUT2D eigenvalue weighted by atomic mass is 32.2. The molecular weight excluding hydrogens is 418 g/mol. The van der Waals surface area contributed by atoms with E-state index >= 15 is 0 Å². The van der Waals surface area contributed by atoms with E-state index in [1.807, 2.05) is 31.1 Å². The predicted molar refractivity (Wildman–Crippen MR) is 119 cm³/mol. The van der Waals surface area contributed by atoms with Crippen molar-refractivity contribution >= 4 is 33.3 Å². The van der Waals surface area contributed by atoms with E-state index in [9.17, 15) is 18.0 Å². The molecule has 0 radical (unpaired) electrons. The summed E-state index contributed by atoms with van der Waals surface area (Å²) in [6.45, 7) is 2.50. The minimum Gasteiger partial charge on any atom is -0.449 e. The SMILES string of the molecule is C[C@H](OC(=O)c1ccc(S(=O)(=O)N2CCCC2)cc1)C(=O)Nc1ccc(N(C)C)cc1. The van der Waals surface area contributed by atoms with Gasteiger partial charge in [0.05, 0.1) is 10.5 Å². The Morgan fingerprint density at radius 2 is 1.58 bits per heavy atom. The van der Waals surface area contributed by atoms with Gasteiger partial charge in [0, 0.05) is 38.6 Å². The smallest absolute Gasteiger partial charge is 0.338 e. The number of rotatable bonds is 7. The normalized spacial score (nSPS) is 15.3. The van der Waals surface area contributed by atoms with E-state index in [0.717, 1.165) is 18.5 Å². The molecule has 1 aliphatic heterocycles. The summed E-state index contributed by atoms with van der Waals surface area (Å²) in [4.78, 5) is 26.8. The van der Waals surface area contributed by atoms with Gasteiger partial charge in [-0.3, -0.25) is 4.79 Å². The third-order valence-corrected chi connectivity index (χ3v) is 7.01. The molecule has 166 valence electrons. The Labute approximate surface area is 182 Å². The molecule has 1 aliphatic rings. The molecule has 1 saturated heterocycles. The van der Waals surface area contributed by atoms with Crippen LogP contribution in [0.3, 0.4) is 0 Å². The van der Waals surface area contributed by atoms with Gasteiger partial charge in [0.25, 0.3) is 5.91 Å². The van der Waals surface area contributed by atoms with Crippen molar-refractivity contribution in [3.8, 4) is 0 Å². The number of hydrogen-bond acceptors (Lipinski definition) is 6. The van der Waals surface area contributed by atoms with Crippen LogP contribution in [0.4, 0.5) is 11.4 Å². The number of carbonyl (C=O) groups is 2. The summed E-state index contributed by atoms with van der Waals surface area (Å²) in [6, 6.07) is 12.8. The van der Waals surface area contributed by atoms with Gasteiger partial charge < -0.3 is 15.0 Å². The predicted octanol–water partition coefficient (Wildman–Crippen LogP) is 2.72. The van der Waals surface area contributed by atoms with Crippen LogP contribution in [0.1, 0.15) is 30.1 Å². The van der Waals surface area contributed by atoms with Crippen LogP contribution in [-0.2, 0) is 19.6 Å². The van der Waals surface area contributed by atoms with Gasteiger partial charge in [0.1, 0.15) is 0 Å². The maximum atomic E-state index is 12.6. The molecule has 8 nitrogen and oxygen atoms in total. The van der Waals surface area contributed by atoms with Crippen LogP contribution in [0.15, 0.2) is 53.4 Å². The number of esters is 1. The van der Waals surface area contributed by atoms with Gasteiger partial charge in [-0.2, -0.15) is 4.31 Å². The van der Waals surface area contributed by atoms with Gasteiger partial charge in [0.2, 0.25) is 10.0 Å². The molecule has 0 spiro atoms. The lowest BCUT2D eigenvalue weighted by Gasteiger charge is -2.16. The number of benzene rings is 2. The maximum absolute atomic E-state index is 12.6. The van der Waals surface area contributed by atoms with Crippen molar-refractivity contribution in [3.05, 3.63) is 54.1 Å². The lowest BCUT2D eigenvalue weighted by molar-refractivity contribution is -0.123. The quantitative estimate of drug-likeness (QED) is 0.659. The first-order chi connectivity index (χ1) is 14.7. The first-order valence-electron chi connectivity index (χ1n) is 10.1. The Morgan fingerprint density at radius 3 is 2.13 bits per heavy atom. The molecule has 2 aromatic carbocycles. The molecule has 1 fully saturated rings. The van der Waals surface area contributed by atoms with E-state index in [0.29, 0.717) is 18.8 Å². The van der Waals surface area contributed by atoms with Crippen molar-refractivity contribution in [1.29, 1.82) is 0 Å². The molecule has 0 saturated carbocycles. The van der Waals surface area contributed by atoms with Crippen molar-refractivity contribution < 1.29 is 22.7 Å². The van der Waals surface area contributed by atoms with Crippen LogP contribution in [0.2, 0.25) is 0 Å². The van der Waals surface area contributed by atoms with Gasteiger partial charge in [-0.15, -0.1) is 0 Å². The van der Waals surface area contributed by atoms with Gasteiger partial charge in [-0.05, 0) is 68.3 Å². The Hall–Kier alpha value is -2.91. The monoisotopic (exact) mass is 445 g/mol. The van der Waals surface area contributed by atoms with Crippen LogP contribution >= 0.6 is 0 Å². The molecule has 2 aromatic rings.